The molecule has 0 aliphatic carbocycles. The zero-order valence-corrected chi connectivity index (χ0v) is 17.5. The molecular weight excluding hydrogens is 370 g/mol. The summed E-state index contributed by atoms with van der Waals surface area (Å²) in [4.78, 5) is 28.9. The molecule has 7 heteroatoms. The summed E-state index contributed by atoms with van der Waals surface area (Å²) in [5, 5.41) is 2.93. The number of thiophene rings is 1. The van der Waals surface area contributed by atoms with Gasteiger partial charge in [0, 0.05) is 37.0 Å². The fraction of sp³-hybridized carbons (Fsp3) is 0.684. The number of carbonyl (C=O) groups is 2. The molecule has 1 saturated heterocycles. The van der Waals surface area contributed by atoms with Crippen molar-refractivity contribution >= 4 is 35.6 Å². The number of amides is 2. The zero-order valence-electron chi connectivity index (χ0n) is 15.9. The van der Waals surface area contributed by atoms with Crippen molar-refractivity contribution in [1.29, 1.82) is 0 Å². The van der Waals surface area contributed by atoms with Gasteiger partial charge >= 0.3 is 0 Å². The highest BCUT2D eigenvalue weighted by Crippen LogP contribution is 2.28. The smallest absolute Gasteiger partial charge is 0.264 e. The second kappa shape index (κ2) is 11.6. The number of nitrogens with two attached hydrogens (primary N) is 1. The van der Waals surface area contributed by atoms with Gasteiger partial charge in [-0.1, -0.05) is 20.3 Å². The predicted octanol–water partition coefficient (Wildman–Crippen LogP) is 3.14. The molecule has 0 spiro atoms. The molecule has 2 rings (SSSR count). The van der Waals surface area contributed by atoms with Crippen molar-refractivity contribution in [3.8, 4) is 0 Å². The summed E-state index contributed by atoms with van der Waals surface area (Å²) < 4.78 is 0. The standard InChI is InChI=1S/C19H31N3O2S.ClH/c1-3-7-16-14(4-2)12-17(25-16)19(24)22-11-6-5-8-15(22)13-21-18(23)9-10-20;/h12,15H,3-11,13,20H2,1-2H3,(H,21,23);1H. The van der Waals surface area contributed by atoms with Crippen molar-refractivity contribution in [2.75, 3.05) is 19.6 Å². The van der Waals surface area contributed by atoms with Crippen LogP contribution < -0.4 is 11.1 Å². The molecule has 3 N–H and O–H groups in total. The molecule has 2 amide bonds. The lowest BCUT2D eigenvalue weighted by Gasteiger charge is -2.35. The van der Waals surface area contributed by atoms with E-state index in [2.05, 4.69) is 25.2 Å². The van der Waals surface area contributed by atoms with Crippen molar-refractivity contribution < 1.29 is 9.59 Å². The predicted molar refractivity (Wildman–Crippen MR) is 110 cm³/mol. The van der Waals surface area contributed by atoms with Crippen LogP contribution >= 0.6 is 23.7 Å². The van der Waals surface area contributed by atoms with E-state index in [1.807, 2.05) is 4.90 Å². The van der Waals surface area contributed by atoms with Crippen molar-refractivity contribution in [2.45, 2.75) is 64.8 Å². The van der Waals surface area contributed by atoms with Gasteiger partial charge < -0.3 is 16.0 Å². The van der Waals surface area contributed by atoms with Gasteiger partial charge in [0.25, 0.3) is 5.91 Å². The largest absolute Gasteiger partial charge is 0.354 e. The average Bonchev–Trinajstić information content (AvgIpc) is 3.03. The van der Waals surface area contributed by atoms with E-state index in [9.17, 15) is 9.59 Å². The van der Waals surface area contributed by atoms with Gasteiger partial charge in [-0.25, -0.2) is 0 Å². The van der Waals surface area contributed by atoms with E-state index in [-0.39, 0.29) is 30.3 Å². The monoisotopic (exact) mass is 401 g/mol. The first-order valence-corrected chi connectivity index (χ1v) is 10.3. The highest BCUT2D eigenvalue weighted by molar-refractivity contribution is 7.14. The van der Waals surface area contributed by atoms with Crippen molar-refractivity contribution in [3.63, 3.8) is 0 Å². The van der Waals surface area contributed by atoms with Gasteiger partial charge in [0.2, 0.25) is 5.91 Å². The van der Waals surface area contributed by atoms with Gasteiger partial charge in [-0.05, 0) is 43.7 Å². The summed E-state index contributed by atoms with van der Waals surface area (Å²) >= 11 is 1.65. The number of piperidine rings is 1. The van der Waals surface area contributed by atoms with E-state index in [4.69, 9.17) is 5.73 Å². The topological polar surface area (TPSA) is 75.4 Å². The van der Waals surface area contributed by atoms with Crippen LogP contribution in [0.2, 0.25) is 0 Å². The Morgan fingerprint density at radius 3 is 2.77 bits per heavy atom. The quantitative estimate of drug-likeness (QED) is 0.702. The SMILES string of the molecule is CCCc1sc(C(=O)N2CCCCC2CNC(=O)CCN)cc1CC.Cl. The molecule has 1 aliphatic rings. The first-order valence-electron chi connectivity index (χ1n) is 9.50. The molecule has 1 aromatic heterocycles. The second-order valence-electron chi connectivity index (χ2n) is 6.65. The van der Waals surface area contributed by atoms with Crippen LogP contribution in [-0.2, 0) is 17.6 Å². The molecule has 0 saturated carbocycles. The van der Waals surface area contributed by atoms with Crippen LogP contribution in [0.15, 0.2) is 6.07 Å². The van der Waals surface area contributed by atoms with E-state index >= 15 is 0 Å². The molecule has 1 fully saturated rings. The van der Waals surface area contributed by atoms with Crippen LogP contribution in [-0.4, -0.2) is 42.4 Å². The molecule has 0 radical (unpaired) electrons. The minimum atomic E-state index is -0.0323. The van der Waals surface area contributed by atoms with Crippen LogP contribution in [0.5, 0.6) is 0 Å². The zero-order chi connectivity index (χ0) is 18.2. The lowest BCUT2D eigenvalue weighted by atomic mass is 10.0. The van der Waals surface area contributed by atoms with Crippen LogP contribution in [0.4, 0.5) is 0 Å². The Bertz CT molecular complexity index is 591. The van der Waals surface area contributed by atoms with Crippen molar-refractivity contribution in [2.24, 2.45) is 5.73 Å². The first kappa shape index (κ1) is 22.9. The Balaban J connectivity index is 0.00000338. The van der Waals surface area contributed by atoms with E-state index < -0.39 is 0 Å². The minimum absolute atomic E-state index is 0. The molecule has 1 aliphatic heterocycles. The molecule has 148 valence electrons. The van der Waals surface area contributed by atoms with Gasteiger partial charge in [0.1, 0.15) is 0 Å². The maximum atomic E-state index is 13.1. The summed E-state index contributed by atoms with van der Waals surface area (Å²) in [6, 6.07) is 2.17. The lowest BCUT2D eigenvalue weighted by Crippen LogP contribution is -2.49. The van der Waals surface area contributed by atoms with Crippen LogP contribution in [0.1, 0.15) is 66.1 Å². The average molecular weight is 402 g/mol. The van der Waals surface area contributed by atoms with Gasteiger partial charge in [0.15, 0.2) is 0 Å². The fourth-order valence-electron chi connectivity index (χ4n) is 3.38. The molecule has 0 aromatic carbocycles. The summed E-state index contributed by atoms with van der Waals surface area (Å²) in [6.07, 6.45) is 6.53. The number of likely N-dealkylation sites (tertiary alicyclic amines) is 1. The molecular formula is C19H32ClN3O2S. The van der Waals surface area contributed by atoms with Gasteiger partial charge in [-0.2, -0.15) is 0 Å². The number of nitrogens with one attached hydrogen (secondary N) is 1. The number of aryl methyl sites for hydroxylation is 2. The lowest BCUT2D eigenvalue weighted by molar-refractivity contribution is -0.121. The third kappa shape index (κ3) is 5.96. The maximum absolute atomic E-state index is 13.1. The van der Waals surface area contributed by atoms with Crippen molar-refractivity contribution in [3.05, 3.63) is 21.4 Å². The number of hydrogen-bond donors (Lipinski definition) is 2. The Morgan fingerprint density at radius 1 is 1.35 bits per heavy atom. The summed E-state index contributed by atoms with van der Waals surface area (Å²) in [6.45, 7) is 5.98. The van der Waals surface area contributed by atoms with Gasteiger partial charge in [0.05, 0.1) is 4.88 Å². The Labute approximate surface area is 167 Å². The van der Waals surface area contributed by atoms with Crippen LogP contribution in [0.25, 0.3) is 0 Å². The van der Waals surface area contributed by atoms with Gasteiger partial charge in [-0.3, -0.25) is 9.59 Å². The van der Waals surface area contributed by atoms with Crippen LogP contribution in [0, 0.1) is 0 Å². The fourth-order valence-corrected chi connectivity index (χ4v) is 4.69. The Kier molecular flexibility index (Phi) is 10.2. The molecule has 26 heavy (non-hydrogen) atoms. The molecule has 1 unspecified atom stereocenters. The second-order valence-corrected chi connectivity index (χ2v) is 7.79. The number of hydrogen-bond acceptors (Lipinski definition) is 4. The summed E-state index contributed by atoms with van der Waals surface area (Å²) in [5.74, 6) is 0.0925. The molecule has 5 nitrogen and oxygen atoms in total. The van der Waals surface area contributed by atoms with Crippen LogP contribution in [0.3, 0.4) is 0 Å². The molecule has 2 heterocycles. The number of rotatable bonds is 8. The Hall–Kier alpha value is -1.11. The van der Waals surface area contributed by atoms with E-state index in [0.29, 0.717) is 19.5 Å². The highest BCUT2D eigenvalue weighted by atomic mass is 35.5. The summed E-state index contributed by atoms with van der Waals surface area (Å²) in [7, 11) is 0. The minimum Gasteiger partial charge on any atom is -0.354 e. The van der Waals surface area contributed by atoms with Gasteiger partial charge in [-0.15, -0.1) is 23.7 Å². The van der Waals surface area contributed by atoms with E-state index in [1.54, 1.807) is 11.3 Å². The highest BCUT2D eigenvalue weighted by Gasteiger charge is 2.29. The van der Waals surface area contributed by atoms with E-state index in [0.717, 1.165) is 49.9 Å². The molecule has 1 atom stereocenters. The number of carbonyl (C=O) groups excluding carboxylic acids is 2. The number of nitrogens with zero attached hydrogens (tertiary/aromatic N) is 1. The maximum Gasteiger partial charge on any atom is 0.264 e. The first-order chi connectivity index (χ1) is 12.1. The third-order valence-electron chi connectivity index (χ3n) is 4.76. The van der Waals surface area contributed by atoms with Crippen molar-refractivity contribution in [1.82, 2.24) is 10.2 Å². The normalized spacial score (nSPS) is 16.9. The number of halogens is 1. The Morgan fingerprint density at radius 2 is 2.12 bits per heavy atom. The molecule has 0 bridgehead atoms. The van der Waals surface area contributed by atoms with E-state index in [1.165, 1.54) is 10.4 Å². The third-order valence-corrected chi connectivity index (χ3v) is 5.98. The summed E-state index contributed by atoms with van der Waals surface area (Å²) in [5.41, 5.74) is 6.73. The molecule has 1 aromatic rings.